The van der Waals surface area contributed by atoms with Crippen LogP contribution in [-0.2, 0) is 6.42 Å². The van der Waals surface area contributed by atoms with E-state index in [0.717, 1.165) is 23.6 Å². The molecule has 2 aromatic rings. The molecule has 0 fully saturated rings. The molecule has 0 aliphatic carbocycles. The van der Waals surface area contributed by atoms with Gasteiger partial charge >= 0.3 is 0 Å². The van der Waals surface area contributed by atoms with Crippen LogP contribution in [0.1, 0.15) is 18.4 Å². The minimum atomic E-state index is 0.445. The predicted molar refractivity (Wildman–Crippen MR) is 62.3 cm³/mol. The second kappa shape index (κ2) is 4.18. The monoisotopic (exact) mass is 215 g/mol. The molecule has 4 nitrogen and oxygen atoms in total. The van der Waals surface area contributed by atoms with Gasteiger partial charge < -0.3 is 10.3 Å². The molecule has 0 unspecified atom stereocenters. The Bertz CT molecular complexity index is 516. The third kappa shape index (κ3) is 1.95. The van der Waals surface area contributed by atoms with E-state index < -0.39 is 0 Å². The highest BCUT2D eigenvalue weighted by Gasteiger charge is 2.07. The van der Waals surface area contributed by atoms with Gasteiger partial charge in [0.05, 0.1) is 17.1 Å². The largest absolute Gasteiger partial charge is 0.397 e. The third-order valence-corrected chi connectivity index (χ3v) is 2.25. The van der Waals surface area contributed by atoms with Gasteiger partial charge in [-0.15, -0.1) is 0 Å². The van der Waals surface area contributed by atoms with Gasteiger partial charge in [0.25, 0.3) is 0 Å². The number of nitrogens with zero attached hydrogens (tertiary/aromatic N) is 2. The first-order valence-electron chi connectivity index (χ1n) is 5.08. The molecule has 0 aromatic carbocycles. The Balaban J connectivity index is 2.40. The van der Waals surface area contributed by atoms with Crippen LogP contribution in [0.4, 0.5) is 0 Å². The summed E-state index contributed by atoms with van der Waals surface area (Å²) in [6.07, 6.45) is 0.816. The van der Waals surface area contributed by atoms with Crippen LogP contribution in [0.15, 0.2) is 35.4 Å². The lowest BCUT2D eigenvalue weighted by atomic mass is 10.2. The second-order valence-electron chi connectivity index (χ2n) is 3.47. The molecule has 82 valence electrons. The normalized spacial score (nSPS) is 10.3. The van der Waals surface area contributed by atoms with E-state index in [4.69, 9.17) is 10.3 Å². The molecule has 0 atom stereocenters. The zero-order chi connectivity index (χ0) is 11.5. The Morgan fingerprint density at radius 1 is 1.44 bits per heavy atom. The van der Waals surface area contributed by atoms with Gasteiger partial charge in [0, 0.05) is 12.5 Å². The molecular weight excluding hydrogens is 202 g/mol. The van der Waals surface area contributed by atoms with E-state index >= 15 is 0 Å². The van der Waals surface area contributed by atoms with Crippen molar-refractivity contribution in [2.45, 2.75) is 13.3 Å². The van der Waals surface area contributed by atoms with E-state index in [1.807, 2.05) is 31.2 Å². The van der Waals surface area contributed by atoms with Crippen molar-refractivity contribution in [2.75, 3.05) is 0 Å². The van der Waals surface area contributed by atoms with Gasteiger partial charge in [-0.3, -0.25) is 0 Å². The molecule has 0 amide bonds. The third-order valence-electron chi connectivity index (χ3n) is 2.25. The van der Waals surface area contributed by atoms with Crippen LogP contribution < -0.4 is 5.73 Å². The van der Waals surface area contributed by atoms with Crippen LogP contribution in [0.2, 0.25) is 0 Å². The van der Waals surface area contributed by atoms with Gasteiger partial charge in [-0.05, 0) is 12.1 Å². The van der Waals surface area contributed by atoms with Gasteiger partial charge in [-0.1, -0.05) is 24.7 Å². The zero-order valence-corrected chi connectivity index (χ0v) is 9.10. The SMILES string of the molecule is C=C(N)c1cccc(-c2cc(CC)on2)n1. The summed E-state index contributed by atoms with van der Waals surface area (Å²) >= 11 is 0. The number of pyridine rings is 1. The Morgan fingerprint density at radius 2 is 2.25 bits per heavy atom. The summed E-state index contributed by atoms with van der Waals surface area (Å²) < 4.78 is 5.12. The van der Waals surface area contributed by atoms with E-state index in [1.54, 1.807) is 0 Å². The zero-order valence-electron chi connectivity index (χ0n) is 9.10. The van der Waals surface area contributed by atoms with Crippen molar-refractivity contribution in [2.24, 2.45) is 5.73 Å². The van der Waals surface area contributed by atoms with Crippen molar-refractivity contribution in [1.29, 1.82) is 0 Å². The van der Waals surface area contributed by atoms with Crippen LogP contribution in [0, 0.1) is 0 Å². The lowest BCUT2D eigenvalue weighted by Gasteiger charge is -2.00. The molecule has 2 N–H and O–H groups in total. The highest BCUT2D eigenvalue weighted by Crippen LogP contribution is 2.18. The van der Waals surface area contributed by atoms with Gasteiger partial charge in [0.2, 0.25) is 0 Å². The first-order valence-corrected chi connectivity index (χ1v) is 5.08. The van der Waals surface area contributed by atoms with Crippen molar-refractivity contribution in [3.63, 3.8) is 0 Å². The minimum absolute atomic E-state index is 0.445. The van der Waals surface area contributed by atoms with Crippen LogP contribution in [0.25, 0.3) is 17.1 Å². The molecule has 0 radical (unpaired) electrons. The molecule has 0 aliphatic rings. The van der Waals surface area contributed by atoms with Crippen molar-refractivity contribution in [3.8, 4) is 11.4 Å². The lowest BCUT2D eigenvalue weighted by Crippen LogP contribution is -1.97. The van der Waals surface area contributed by atoms with Crippen molar-refractivity contribution in [1.82, 2.24) is 10.1 Å². The average Bonchev–Trinajstić information content (AvgIpc) is 2.77. The van der Waals surface area contributed by atoms with Gasteiger partial charge in [-0.25, -0.2) is 4.98 Å². The van der Waals surface area contributed by atoms with Crippen molar-refractivity contribution in [3.05, 3.63) is 42.3 Å². The van der Waals surface area contributed by atoms with E-state index in [0.29, 0.717) is 11.4 Å². The fourth-order valence-corrected chi connectivity index (χ4v) is 1.36. The number of rotatable bonds is 3. The highest BCUT2D eigenvalue weighted by atomic mass is 16.5. The summed E-state index contributed by atoms with van der Waals surface area (Å²) in [7, 11) is 0. The summed E-state index contributed by atoms with van der Waals surface area (Å²) in [4.78, 5) is 4.34. The maximum absolute atomic E-state index is 5.59. The van der Waals surface area contributed by atoms with E-state index in [1.165, 1.54) is 0 Å². The van der Waals surface area contributed by atoms with Crippen LogP contribution in [0.3, 0.4) is 0 Å². The number of nitrogens with two attached hydrogens (primary N) is 1. The lowest BCUT2D eigenvalue weighted by molar-refractivity contribution is 0.389. The van der Waals surface area contributed by atoms with Crippen LogP contribution in [-0.4, -0.2) is 10.1 Å². The Kier molecular flexibility index (Phi) is 2.72. The fraction of sp³-hybridized carbons (Fsp3) is 0.167. The average molecular weight is 215 g/mol. The van der Waals surface area contributed by atoms with E-state index in [9.17, 15) is 0 Å². The summed E-state index contributed by atoms with van der Waals surface area (Å²) in [5, 5.41) is 3.95. The van der Waals surface area contributed by atoms with Crippen LogP contribution >= 0.6 is 0 Å². The number of hydrogen-bond acceptors (Lipinski definition) is 4. The molecule has 0 bridgehead atoms. The standard InChI is InChI=1S/C12H13N3O/c1-3-9-7-12(15-16-9)11-6-4-5-10(14-11)8(2)13/h4-7H,2-3,13H2,1H3. The Morgan fingerprint density at radius 3 is 2.88 bits per heavy atom. The molecule has 0 aliphatic heterocycles. The maximum Gasteiger partial charge on any atom is 0.137 e. The predicted octanol–water partition coefficient (Wildman–Crippen LogP) is 2.23. The second-order valence-corrected chi connectivity index (χ2v) is 3.47. The van der Waals surface area contributed by atoms with Gasteiger partial charge in [-0.2, -0.15) is 0 Å². The fourth-order valence-electron chi connectivity index (χ4n) is 1.36. The first kappa shape index (κ1) is 10.4. The summed E-state index contributed by atoms with van der Waals surface area (Å²) in [6, 6.07) is 7.43. The van der Waals surface area contributed by atoms with Crippen LogP contribution in [0.5, 0.6) is 0 Å². The smallest absolute Gasteiger partial charge is 0.137 e. The minimum Gasteiger partial charge on any atom is -0.397 e. The summed E-state index contributed by atoms with van der Waals surface area (Å²) in [5.74, 6) is 0.841. The molecule has 0 saturated heterocycles. The summed E-state index contributed by atoms with van der Waals surface area (Å²) in [5.41, 5.74) is 8.17. The molecule has 4 heteroatoms. The Hall–Kier alpha value is -2.10. The topological polar surface area (TPSA) is 64.9 Å². The molecule has 2 rings (SSSR count). The molecule has 0 spiro atoms. The maximum atomic E-state index is 5.59. The molecule has 16 heavy (non-hydrogen) atoms. The van der Waals surface area contributed by atoms with Gasteiger partial charge in [0.15, 0.2) is 0 Å². The summed E-state index contributed by atoms with van der Waals surface area (Å²) in [6.45, 7) is 5.66. The molecule has 2 aromatic heterocycles. The quantitative estimate of drug-likeness (QED) is 0.852. The number of aryl methyl sites for hydroxylation is 1. The molecular formula is C12H13N3O. The first-order chi connectivity index (χ1) is 7.70. The van der Waals surface area contributed by atoms with Gasteiger partial charge in [0.1, 0.15) is 11.5 Å². The number of aromatic nitrogens is 2. The van der Waals surface area contributed by atoms with E-state index in [-0.39, 0.29) is 0 Å². The van der Waals surface area contributed by atoms with Crippen molar-refractivity contribution >= 4 is 5.70 Å². The van der Waals surface area contributed by atoms with E-state index in [2.05, 4.69) is 16.7 Å². The molecule has 2 heterocycles. The van der Waals surface area contributed by atoms with Crippen molar-refractivity contribution < 1.29 is 4.52 Å². The number of hydrogen-bond donors (Lipinski definition) is 1. The molecule has 0 saturated carbocycles. The highest BCUT2D eigenvalue weighted by molar-refractivity contribution is 5.61. The Labute approximate surface area is 93.8 Å².